The van der Waals surface area contributed by atoms with Crippen LogP contribution < -0.4 is 0 Å². The Morgan fingerprint density at radius 1 is 1.06 bits per heavy atom. The normalized spacial score (nSPS) is 33.2. The van der Waals surface area contributed by atoms with Crippen LogP contribution in [0.15, 0.2) is 0 Å². The summed E-state index contributed by atoms with van der Waals surface area (Å²) >= 11 is 0. The van der Waals surface area contributed by atoms with Crippen LogP contribution in [0.2, 0.25) is 0 Å². The first-order chi connectivity index (χ1) is 8.18. The molecule has 0 aromatic carbocycles. The molecule has 17 heavy (non-hydrogen) atoms. The number of hydrogen-bond acceptors (Lipinski definition) is 3. The van der Waals surface area contributed by atoms with Gasteiger partial charge in [-0.3, -0.25) is 9.69 Å². The zero-order chi connectivity index (χ0) is 12.3. The molecular weight excluding hydrogens is 216 g/mol. The third kappa shape index (κ3) is 3.19. The molecule has 98 valence electrons. The van der Waals surface area contributed by atoms with E-state index in [-0.39, 0.29) is 6.04 Å². The molecule has 2 unspecified atom stereocenters. The van der Waals surface area contributed by atoms with Crippen LogP contribution in [0.1, 0.15) is 38.5 Å². The minimum Gasteiger partial charge on any atom is -0.480 e. The molecule has 2 aliphatic heterocycles. The van der Waals surface area contributed by atoms with Gasteiger partial charge >= 0.3 is 5.97 Å². The predicted molar refractivity (Wildman–Crippen MR) is 67.1 cm³/mol. The highest BCUT2D eigenvalue weighted by Crippen LogP contribution is 2.25. The Kier molecular flexibility index (Phi) is 4.40. The summed E-state index contributed by atoms with van der Waals surface area (Å²) in [5, 5.41) is 9.31. The van der Waals surface area contributed by atoms with Crippen molar-refractivity contribution in [1.82, 2.24) is 9.80 Å². The van der Waals surface area contributed by atoms with Gasteiger partial charge in [0.15, 0.2) is 0 Å². The van der Waals surface area contributed by atoms with Gasteiger partial charge < -0.3 is 10.0 Å². The Hall–Kier alpha value is -0.610. The number of nitrogens with zero attached hydrogens (tertiary/aromatic N) is 2. The van der Waals surface area contributed by atoms with Crippen LogP contribution in [0.25, 0.3) is 0 Å². The van der Waals surface area contributed by atoms with Crippen molar-refractivity contribution in [2.24, 2.45) is 0 Å². The van der Waals surface area contributed by atoms with Crippen LogP contribution in [-0.4, -0.2) is 59.6 Å². The molecule has 2 saturated heterocycles. The number of carbonyl (C=O) groups is 1. The Morgan fingerprint density at radius 3 is 2.65 bits per heavy atom. The maximum absolute atomic E-state index is 11.3. The van der Waals surface area contributed by atoms with Crippen molar-refractivity contribution in [3.05, 3.63) is 0 Å². The first-order valence-corrected chi connectivity index (χ1v) is 6.85. The number of piperidine rings is 1. The summed E-state index contributed by atoms with van der Waals surface area (Å²) in [6.07, 6.45) is 6.55. The second-order valence-corrected chi connectivity index (χ2v) is 5.48. The minimum atomic E-state index is -0.623. The number of hydrogen-bond donors (Lipinski definition) is 1. The SMILES string of the molecule is CN1CCCC(N2CCCCC2C(=O)O)CC1. The Bertz CT molecular complexity index is 270. The first kappa shape index (κ1) is 12.8. The van der Waals surface area contributed by atoms with Crippen LogP contribution in [0, 0.1) is 0 Å². The Morgan fingerprint density at radius 2 is 1.88 bits per heavy atom. The highest BCUT2D eigenvalue weighted by Gasteiger charge is 2.33. The molecule has 0 saturated carbocycles. The summed E-state index contributed by atoms with van der Waals surface area (Å²) in [4.78, 5) is 15.9. The lowest BCUT2D eigenvalue weighted by Gasteiger charge is -2.38. The molecular formula is C13H24N2O2. The second kappa shape index (κ2) is 5.83. The van der Waals surface area contributed by atoms with Gasteiger partial charge in [-0.15, -0.1) is 0 Å². The monoisotopic (exact) mass is 240 g/mol. The molecule has 0 aromatic rings. The van der Waals surface area contributed by atoms with Gasteiger partial charge in [0.2, 0.25) is 0 Å². The van der Waals surface area contributed by atoms with Crippen LogP contribution in [0.5, 0.6) is 0 Å². The fourth-order valence-corrected chi connectivity index (χ4v) is 3.21. The lowest BCUT2D eigenvalue weighted by atomic mass is 9.97. The van der Waals surface area contributed by atoms with E-state index >= 15 is 0 Å². The smallest absolute Gasteiger partial charge is 0.320 e. The van der Waals surface area contributed by atoms with Gasteiger partial charge in [-0.25, -0.2) is 0 Å². The fourth-order valence-electron chi connectivity index (χ4n) is 3.21. The summed E-state index contributed by atoms with van der Waals surface area (Å²) < 4.78 is 0. The lowest BCUT2D eigenvalue weighted by Crippen LogP contribution is -2.50. The van der Waals surface area contributed by atoms with Crippen molar-refractivity contribution >= 4 is 5.97 Å². The summed E-state index contributed by atoms with van der Waals surface area (Å²) in [7, 11) is 2.16. The van der Waals surface area contributed by atoms with Crippen LogP contribution in [0.3, 0.4) is 0 Å². The van der Waals surface area contributed by atoms with E-state index in [4.69, 9.17) is 0 Å². The molecule has 2 aliphatic rings. The first-order valence-electron chi connectivity index (χ1n) is 6.85. The van der Waals surface area contributed by atoms with Crippen molar-refractivity contribution in [1.29, 1.82) is 0 Å². The third-order valence-electron chi connectivity index (χ3n) is 4.22. The molecule has 2 fully saturated rings. The Labute approximate surface area is 104 Å². The molecule has 2 rings (SSSR count). The van der Waals surface area contributed by atoms with Crippen molar-refractivity contribution in [3.8, 4) is 0 Å². The van der Waals surface area contributed by atoms with Gasteiger partial charge in [-0.2, -0.15) is 0 Å². The highest BCUT2D eigenvalue weighted by molar-refractivity contribution is 5.73. The van der Waals surface area contributed by atoms with Gasteiger partial charge in [-0.1, -0.05) is 6.42 Å². The van der Waals surface area contributed by atoms with E-state index < -0.39 is 5.97 Å². The van der Waals surface area contributed by atoms with E-state index in [1.165, 1.54) is 6.42 Å². The topological polar surface area (TPSA) is 43.8 Å². The zero-order valence-corrected chi connectivity index (χ0v) is 10.8. The van der Waals surface area contributed by atoms with Crippen molar-refractivity contribution in [3.63, 3.8) is 0 Å². The van der Waals surface area contributed by atoms with E-state index in [0.717, 1.165) is 51.7 Å². The fraction of sp³-hybridized carbons (Fsp3) is 0.923. The molecule has 0 spiro atoms. The van der Waals surface area contributed by atoms with Crippen LogP contribution in [0.4, 0.5) is 0 Å². The van der Waals surface area contributed by atoms with E-state index in [1.54, 1.807) is 0 Å². The van der Waals surface area contributed by atoms with Gasteiger partial charge in [0.1, 0.15) is 6.04 Å². The number of likely N-dealkylation sites (tertiary alicyclic amines) is 2. The molecule has 0 aliphatic carbocycles. The summed E-state index contributed by atoms with van der Waals surface area (Å²) in [6, 6.07) is 0.263. The molecule has 2 heterocycles. The summed E-state index contributed by atoms with van der Waals surface area (Å²) in [5.41, 5.74) is 0. The summed E-state index contributed by atoms with van der Waals surface area (Å²) in [6.45, 7) is 3.24. The van der Waals surface area contributed by atoms with Crippen molar-refractivity contribution in [2.45, 2.75) is 50.6 Å². The average Bonchev–Trinajstić information content (AvgIpc) is 2.54. The number of carboxylic acid groups (broad SMARTS) is 1. The molecule has 4 nitrogen and oxygen atoms in total. The molecule has 0 aromatic heterocycles. The Balaban J connectivity index is 2.00. The third-order valence-corrected chi connectivity index (χ3v) is 4.22. The largest absolute Gasteiger partial charge is 0.480 e. The van der Waals surface area contributed by atoms with Crippen LogP contribution in [-0.2, 0) is 4.79 Å². The highest BCUT2D eigenvalue weighted by atomic mass is 16.4. The van der Waals surface area contributed by atoms with Crippen molar-refractivity contribution < 1.29 is 9.90 Å². The molecule has 4 heteroatoms. The molecule has 0 bridgehead atoms. The molecule has 0 radical (unpaired) electrons. The van der Waals surface area contributed by atoms with E-state index in [1.807, 2.05) is 0 Å². The zero-order valence-electron chi connectivity index (χ0n) is 10.8. The number of rotatable bonds is 2. The maximum atomic E-state index is 11.3. The van der Waals surface area contributed by atoms with Crippen LogP contribution >= 0.6 is 0 Å². The van der Waals surface area contributed by atoms with Gasteiger partial charge in [0, 0.05) is 6.04 Å². The summed E-state index contributed by atoms with van der Waals surface area (Å²) in [5.74, 6) is -0.623. The van der Waals surface area contributed by atoms with Gasteiger partial charge in [-0.05, 0) is 58.8 Å². The quantitative estimate of drug-likeness (QED) is 0.792. The van der Waals surface area contributed by atoms with E-state index in [9.17, 15) is 9.90 Å². The van der Waals surface area contributed by atoms with Crippen molar-refractivity contribution in [2.75, 3.05) is 26.7 Å². The standard InChI is InChI=1S/C13H24N2O2/c1-14-8-4-5-11(7-10-14)15-9-3-2-6-12(15)13(16)17/h11-12H,2-10H2,1H3,(H,16,17). The number of carboxylic acids is 1. The number of aliphatic carboxylic acids is 1. The minimum absolute atomic E-state index is 0.225. The predicted octanol–water partition coefficient (Wildman–Crippen LogP) is 1.41. The molecule has 1 N–H and O–H groups in total. The van der Waals surface area contributed by atoms with Gasteiger partial charge in [0.05, 0.1) is 0 Å². The average molecular weight is 240 g/mol. The van der Waals surface area contributed by atoms with E-state index in [0.29, 0.717) is 6.04 Å². The van der Waals surface area contributed by atoms with Gasteiger partial charge in [0.25, 0.3) is 0 Å². The maximum Gasteiger partial charge on any atom is 0.320 e. The molecule has 0 amide bonds. The lowest BCUT2D eigenvalue weighted by molar-refractivity contribution is -0.146. The van der Waals surface area contributed by atoms with E-state index in [2.05, 4.69) is 16.8 Å². The second-order valence-electron chi connectivity index (χ2n) is 5.48. The molecule has 2 atom stereocenters.